The van der Waals surface area contributed by atoms with Gasteiger partial charge in [-0.2, -0.15) is 5.26 Å². The molecule has 0 saturated heterocycles. The molecule has 0 amide bonds. The number of hydrogen-bond donors (Lipinski definition) is 1. The zero-order chi connectivity index (χ0) is 17.9. The lowest BCUT2D eigenvalue weighted by atomic mass is 9.80. The van der Waals surface area contributed by atoms with Gasteiger partial charge in [0.2, 0.25) is 0 Å². The Kier molecular flexibility index (Phi) is 4.59. The van der Waals surface area contributed by atoms with Gasteiger partial charge in [0, 0.05) is 24.8 Å². The summed E-state index contributed by atoms with van der Waals surface area (Å²) in [7, 11) is 0. The molecule has 0 bridgehead atoms. The van der Waals surface area contributed by atoms with Crippen molar-refractivity contribution in [2.75, 3.05) is 0 Å². The van der Waals surface area contributed by atoms with Crippen molar-refractivity contribution in [3.63, 3.8) is 0 Å². The summed E-state index contributed by atoms with van der Waals surface area (Å²) in [6.07, 6.45) is 12.4. The minimum Gasteiger partial charge on any atom is -0.392 e. The Morgan fingerprint density at radius 3 is 2.46 bits per heavy atom. The number of aromatic nitrogens is 2. The fourth-order valence-electron chi connectivity index (χ4n) is 3.61. The maximum atomic E-state index is 9.76. The van der Waals surface area contributed by atoms with Crippen molar-refractivity contribution in [3.05, 3.63) is 87.5 Å². The van der Waals surface area contributed by atoms with Crippen LogP contribution in [-0.4, -0.2) is 9.97 Å². The van der Waals surface area contributed by atoms with Crippen LogP contribution in [0.3, 0.4) is 0 Å². The summed E-state index contributed by atoms with van der Waals surface area (Å²) in [6, 6.07) is 10.4. The quantitative estimate of drug-likeness (QED) is 0.854. The average molecular weight is 358 g/mol. The maximum absolute atomic E-state index is 9.76. The van der Waals surface area contributed by atoms with Gasteiger partial charge < -0.3 is 5.73 Å². The van der Waals surface area contributed by atoms with E-state index in [1.807, 2.05) is 36.7 Å². The summed E-state index contributed by atoms with van der Waals surface area (Å²) in [5, 5.41) is 10.5. The highest BCUT2D eigenvalue weighted by molar-refractivity contribution is 8.03. The highest BCUT2D eigenvalue weighted by atomic mass is 32.2. The number of allylic oxidation sites excluding steroid dienone is 3. The first kappa shape index (κ1) is 16.6. The molecular weight excluding hydrogens is 340 g/mol. The van der Waals surface area contributed by atoms with Crippen LogP contribution in [0.15, 0.2) is 76.4 Å². The molecule has 2 aromatic heterocycles. The van der Waals surface area contributed by atoms with E-state index in [0.717, 1.165) is 30.4 Å². The molecule has 1 atom stereocenters. The summed E-state index contributed by atoms with van der Waals surface area (Å²) in [5.41, 5.74) is 12.8. The molecule has 4 nitrogen and oxygen atoms in total. The number of pyridine rings is 2. The number of rotatable bonds is 2. The molecule has 5 heteroatoms. The molecule has 128 valence electrons. The molecule has 4 rings (SSSR count). The highest BCUT2D eigenvalue weighted by Crippen LogP contribution is 2.52. The lowest BCUT2D eigenvalue weighted by molar-refractivity contribution is 0.744. The molecule has 0 spiro atoms. The van der Waals surface area contributed by atoms with Crippen LogP contribution in [-0.2, 0) is 0 Å². The average Bonchev–Trinajstić information content (AvgIpc) is 2.69. The molecule has 1 unspecified atom stereocenters. The molecule has 2 N–H and O–H groups in total. The van der Waals surface area contributed by atoms with E-state index in [4.69, 9.17) is 5.73 Å². The van der Waals surface area contributed by atoms with Crippen LogP contribution >= 0.6 is 11.8 Å². The van der Waals surface area contributed by atoms with Crippen LogP contribution in [0.1, 0.15) is 35.6 Å². The molecule has 2 aliphatic rings. The van der Waals surface area contributed by atoms with E-state index < -0.39 is 0 Å². The minimum atomic E-state index is 0.145. The Hall–Kier alpha value is -2.84. The van der Waals surface area contributed by atoms with Crippen LogP contribution in [0.4, 0.5) is 0 Å². The van der Waals surface area contributed by atoms with Crippen molar-refractivity contribution in [1.29, 1.82) is 5.26 Å². The fourth-order valence-corrected chi connectivity index (χ4v) is 4.80. The lowest BCUT2D eigenvalue weighted by Crippen LogP contribution is -2.18. The van der Waals surface area contributed by atoms with Crippen molar-refractivity contribution in [2.45, 2.75) is 24.5 Å². The summed E-state index contributed by atoms with van der Waals surface area (Å²) < 4.78 is 0. The van der Waals surface area contributed by atoms with E-state index in [9.17, 15) is 5.26 Å². The van der Waals surface area contributed by atoms with Crippen LogP contribution in [0, 0.1) is 11.3 Å². The van der Waals surface area contributed by atoms with Crippen molar-refractivity contribution in [3.8, 4) is 6.07 Å². The summed E-state index contributed by atoms with van der Waals surface area (Å²) in [6.45, 7) is 0. The molecule has 26 heavy (non-hydrogen) atoms. The van der Waals surface area contributed by atoms with Crippen molar-refractivity contribution in [1.82, 2.24) is 9.97 Å². The Balaban J connectivity index is 1.87. The normalized spacial score (nSPS) is 21.5. The van der Waals surface area contributed by atoms with Gasteiger partial charge in [-0.1, -0.05) is 17.8 Å². The van der Waals surface area contributed by atoms with Gasteiger partial charge in [0.25, 0.3) is 0 Å². The number of nitriles is 1. The number of nitrogens with zero attached hydrogens (tertiary/aromatic N) is 3. The first-order chi connectivity index (χ1) is 12.8. The first-order valence-electron chi connectivity index (χ1n) is 8.58. The fraction of sp³-hybridized carbons (Fsp3) is 0.190. The topological polar surface area (TPSA) is 75.6 Å². The van der Waals surface area contributed by atoms with Gasteiger partial charge in [0.1, 0.15) is 6.07 Å². The SMILES string of the molecule is N#CC1=C(N)SC(c2ccncc2)C2=C1/C(=C/c1ccncc1)CCC2. The predicted molar refractivity (Wildman–Crippen MR) is 104 cm³/mol. The second-order valence-corrected chi connectivity index (χ2v) is 7.48. The van der Waals surface area contributed by atoms with E-state index >= 15 is 0 Å². The van der Waals surface area contributed by atoms with Crippen LogP contribution in [0.5, 0.6) is 0 Å². The zero-order valence-electron chi connectivity index (χ0n) is 14.2. The Bertz CT molecular complexity index is 953. The second kappa shape index (κ2) is 7.19. The number of thioether (sulfide) groups is 1. The Labute approximate surface area is 157 Å². The van der Waals surface area contributed by atoms with E-state index in [0.29, 0.717) is 10.6 Å². The van der Waals surface area contributed by atoms with E-state index in [2.05, 4.69) is 22.1 Å². The molecule has 3 heterocycles. The van der Waals surface area contributed by atoms with Crippen LogP contribution < -0.4 is 5.73 Å². The molecule has 0 radical (unpaired) electrons. The predicted octanol–water partition coefficient (Wildman–Crippen LogP) is 4.52. The van der Waals surface area contributed by atoms with Crippen LogP contribution in [0.25, 0.3) is 6.08 Å². The molecule has 0 aromatic carbocycles. The van der Waals surface area contributed by atoms with Crippen molar-refractivity contribution < 1.29 is 0 Å². The smallest absolute Gasteiger partial charge is 0.103 e. The third kappa shape index (κ3) is 3.04. The Morgan fingerprint density at radius 2 is 1.77 bits per heavy atom. The monoisotopic (exact) mass is 358 g/mol. The molecule has 1 aliphatic heterocycles. The maximum Gasteiger partial charge on any atom is 0.103 e. The van der Waals surface area contributed by atoms with Crippen molar-refractivity contribution in [2.24, 2.45) is 5.73 Å². The van der Waals surface area contributed by atoms with Gasteiger partial charge in [-0.05, 0) is 71.4 Å². The third-order valence-corrected chi connectivity index (χ3v) is 6.01. The third-order valence-electron chi connectivity index (χ3n) is 4.76. The molecule has 0 saturated carbocycles. The second-order valence-electron chi connectivity index (χ2n) is 6.33. The van der Waals surface area contributed by atoms with E-state index in [1.54, 1.807) is 24.2 Å². The number of hydrogen-bond acceptors (Lipinski definition) is 5. The summed E-state index contributed by atoms with van der Waals surface area (Å²) >= 11 is 1.58. The molecule has 2 aromatic rings. The van der Waals surface area contributed by atoms with Gasteiger partial charge >= 0.3 is 0 Å². The van der Waals surface area contributed by atoms with Gasteiger partial charge in [-0.15, -0.1) is 0 Å². The summed E-state index contributed by atoms with van der Waals surface area (Å²) in [4.78, 5) is 8.21. The number of nitrogens with two attached hydrogens (primary N) is 1. The van der Waals surface area contributed by atoms with Crippen molar-refractivity contribution >= 4 is 17.8 Å². The Morgan fingerprint density at radius 1 is 1.08 bits per heavy atom. The first-order valence-corrected chi connectivity index (χ1v) is 9.46. The summed E-state index contributed by atoms with van der Waals surface area (Å²) in [5.74, 6) is 0. The van der Waals surface area contributed by atoms with Gasteiger partial charge in [0.15, 0.2) is 0 Å². The standard InChI is InChI=1S/C21H18N4S/c22-13-18-19-16(12-14-4-8-24-9-5-14)2-1-3-17(19)20(26-21(18)23)15-6-10-25-11-7-15/h4-12,20H,1-3,23H2/b16-12+. The minimum absolute atomic E-state index is 0.145. The van der Waals surface area contributed by atoms with Gasteiger partial charge in [0.05, 0.1) is 15.9 Å². The molecular formula is C21H18N4S. The zero-order valence-corrected chi connectivity index (χ0v) is 15.0. The van der Waals surface area contributed by atoms with E-state index in [-0.39, 0.29) is 5.25 Å². The van der Waals surface area contributed by atoms with E-state index in [1.165, 1.54) is 16.7 Å². The van der Waals surface area contributed by atoms with Gasteiger partial charge in [-0.3, -0.25) is 9.97 Å². The lowest BCUT2D eigenvalue weighted by Gasteiger charge is -2.33. The highest BCUT2D eigenvalue weighted by Gasteiger charge is 2.33. The van der Waals surface area contributed by atoms with Gasteiger partial charge in [-0.25, -0.2) is 0 Å². The molecule has 1 aliphatic carbocycles. The largest absolute Gasteiger partial charge is 0.392 e. The van der Waals surface area contributed by atoms with Crippen LogP contribution in [0.2, 0.25) is 0 Å². The molecule has 0 fully saturated rings.